The summed E-state index contributed by atoms with van der Waals surface area (Å²) in [5.74, 6) is 0.138. The summed E-state index contributed by atoms with van der Waals surface area (Å²) in [7, 11) is -0.245. The highest BCUT2D eigenvalue weighted by Crippen LogP contribution is 2.49. The van der Waals surface area contributed by atoms with Crippen LogP contribution in [-0.2, 0) is 28.4 Å². The Kier molecular flexibility index (Phi) is 6.13. The molecular weight excluding hydrogens is 335 g/mol. The SMILES string of the molecule is CC(=O)OCC1(COC(C)=O)C[C@H](CB2OC(C)(C)C(C)(C)O2)[C@@H](C)C1. The van der Waals surface area contributed by atoms with E-state index in [4.69, 9.17) is 18.8 Å². The highest BCUT2D eigenvalue weighted by molar-refractivity contribution is 6.45. The van der Waals surface area contributed by atoms with Crippen LogP contribution in [0.1, 0.15) is 61.3 Å². The fourth-order valence-electron chi connectivity index (χ4n) is 4.10. The number of rotatable bonds is 6. The first kappa shape index (κ1) is 21.2. The first-order chi connectivity index (χ1) is 11.9. The number of hydrogen-bond acceptors (Lipinski definition) is 6. The van der Waals surface area contributed by atoms with Crippen molar-refractivity contribution in [2.24, 2.45) is 17.3 Å². The Hall–Kier alpha value is -1.08. The first-order valence-corrected chi connectivity index (χ1v) is 9.48. The second-order valence-electron chi connectivity index (χ2n) is 9.13. The second-order valence-corrected chi connectivity index (χ2v) is 9.13. The van der Waals surface area contributed by atoms with Crippen molar-refractivity contribution in [3.63, 3.8) is 0 Å². The van der Waals surface area contributed by atoms with Crippen LogP contribution in [0, 0.1) is 17.3 Å². The molecule has 0 aromatic carbocycles. The maximum absolute atomic E-state index is 11.3. The lowest BCUT2D eigenvalue weighted by molar-refractivity contribution is -0.151. The van der Waals surface area contributed by atoms with E-state index in [-0.39, 0.29) is 48.9 Å². The van der Waals surface area contributed by atoms with Gasteiger partial charge in [0.25, 0.3) is 0 Å². The molecule has 1 aliphatic heterocycles. The Morgan fingerprint density at radius 3 is 1.85 bits per heavy atom. The van der Waals surface area contributed by atoms with Crippen molar-refractivity contribution in [3.8, 4) is 0 Å². The summed E-state index contributed by atoms with van der Waals surface area (Å²) < 4.78 is 22.9. The molecule has 6 nitrogen and oxygen atoms in total. The first-order valence-electron chi connectivity index (χ1n) is 9.48. The van der Waals surface area contributed by atoms with Gasteiger partial charge in [0.05, 0.1) is 11.2 Å². The highest BCUT2D eigenvalue weighted by Gasteiger charge is 2.53. The molecule has 2 fully saturated rings. The van der Waals surface area contributed by atoms with Crippen molar-refractivity contribution in [2.45, 2.75) is 78.8 Å². The van der Waals surface area contributed by atoms with Crippen LogP contribution >= 0.6 is 0 Å². The van der Waals surface area contributed by atoms with Crippen LogP contribution in [0.3, 0.4) is 0 Å². The zero-order valence-electron chi connectivity index (χ0n) is 17.2. The third-order valence-electron chi connectivity index (χ3n) is 6.22. The quantitative estimate of drug-likeness (QED) is 0.530. The maximum atomic E-state index is 11.3. The van der Waals surface area contributed by atoms with Gasteiger partial charge in [0, 0.05) is 19.3 Å². The van der Waals surface area contributed by atoms with Crippen LogP contribution in [-0.4, -0.2) is 43.5 Å². The summed E-state index contributed by atoms with van der Waals surface area (Å²) >= 11 is 0. The largest absolute Gasteiger partial charge is 0.465 e. The molecule has 7 heteroatoms. The Balaban J connectivity index is 2.04. The molecule has 0 N–H and O–H groups in total. The van der Waals surface area contributed by atoms with Gasteiger partial charge in [-0.2, -0.15) is 0 Å². The summed E-state index contributed by atoms with van der Waals surface area (Å²) in [6.07, 6.45) is 2.45. The standard InChI is InChI=1S/C19H33BO6/c1-13-8-19(11-23-14(2)21,12-24-15(3)22)9-16(13)10-20-25-17(4,5)18(6,7)26-20/h13,16H,8-12H2,1-7H3/t13-,16+/m0/s1. The van der Waals surface area contributed by atoms with E-state index in [1.807, 2.05) is 0 Å². The van der Waals surface area contributed by atoms with Gasteiger partial charge in [0.1, 0.15) is 13.2 Å². The Bertz CT molecular complexity index is 510. The molecule has 0 aromatic rings. The lowest BCUT2D eigenvalue weighted by atomic mass is 9.73. The molecule has 0 spiro atoms. The van der Waals surface area contributed by atoms with Gasteiger partial charge in [-0.05, 0) is 58.7 Å². The minimum Gasteiger partial charge on any atom is -0.465 e. The van der Waals surface area contributed by atoms with E-state index >= 15 is 0 Å². The average molecular weight is 368 g/mol. The molecule has 0 unspecified atom stereocenters. The van der Waals surface area contributed by atoms with Gasteiger partial charge >= 0.3 is 19.1 Å². The Morgan fingerprint density at radius 1 is 0.962 bits per heavy atom. The molecule has 26 heavy (non-hydrogen) atoms. The lowest BCUT2D eigenvalue weighted by Crippen LogP contribution is -2.41. The third-order valence-corrected chi connectivity index (χ3v) is 6.22. The van der Waals surface area contributed by atoms with Crippen molar-refractivity contribution in [1.82, 2.24) is 0 Å². The van der Waals surface area contributed by atoms with Gasteiger partial charge in [-0.25, -0.2) is 0 Å². The second kappa shape index (κ2) is 7.51. The number of carbonyl (C=O) groups excluding carboxylic acids is 2. The molecule has 148 valence electrons. The van der Waals surface area contributed by atoms with Crippen LogP contribution in [0.5, 0.6) is 0 Å². The summed E-state index contributed by atoms with van der Waals surface area (Å²) in [6.45, 7) is 13.8. The molecule has 1 heterocycles. The number of carbonyl (C=O) groups is 2. The van der Waals surface area contributed by atoms with Gasteiger partial charge < -0.3 is 18.8 Å². The molecule has 0 amide bonds. The van der Waals surface area contributed by atoms with Gasteiger partial charge in [0.15, 0.2) is 0 Å². The van der Waals surface area contributed by atoms with Crippen molar-refractivity contribution in [2.75, 3.05) is 13.2 Å². The van der Waals surface area contributed by atoms with E-state index in [1.54, 1.807) is 0 Å². The number of ether oxygens (including phenoxy) is 2. The van der Waals surface area contributed by atoms with Gasteiger partial charge in [-0.3, -0.25) is 9.59 Å². The van der Waals surface area contributed by atoms with Gasteiger partial charge in [0.2, 0.25) is 0 Å². The van der Waals surface area contributed by atoms with Gasteiger partial charge in [-0.1, -0.05) is 6.92 Å². The Labute approximate surface area is 157 Å². The van der Waals surface area contributed by atoms with Crippen molar-refractivity contribution >= 4 is 19.1 Å². The minimum atomic E-state index is -0.341. The smallest absolute Gasteiger partial charge is 0.458 e. The van der Waals surface area contributed by atoms with Crippen LogP contribution in [0.15, 0.2) is 0 Å². The molecule has 0 bridgehead atoms. The molecule has 1 saturated carbocycles. The maximum Gasteiger partial charge on any atom is 0.458 e. The van der Waals surface area contributed by atoms with E-state index in [9.17, 15) is 9.59 Å². The zero-order valence-corrected chi connectivity index (χ0v) is 17.2. The van der Waals surface area contributed by atoms with E-state index in [0.717, 1.165) is 19.2 Å². The number of esters is 2. The zero-order chi connectivity index (χ0) is 19.8. The monoisotopic (exact) mass is 368 g/mol. The molecule has 2 atom stereocenters. The molecule has 1 aliphatic carbocycles. The van der Waals surface area contributed by atoms with Crippen LogP contribution in [0.4, 0.5) is 0 Å². The van der Waals surface area contributed by atoms with E-state index < -0.39 is 0 Å². The molecule has 0 aromatic heterocycles. The highest BCUT2D eigenvalue weighted by atomic mass is 16.7. The van der Waals surface area contributed by atoms with Crippen molar-refractivity contribution < 1.29 is 28.4 Å². The lowest BCUT2D eigenvalue weighted by Gasteiger charge is -2.32. The fourth-order valence-corrected chi connectivity index (χ4v) is 4.10. The van der Waals surface area contributed by atoms with Crippen LogP contribution < -0.4 is 0 Å². The summed E-state index contributed by atoms with van der Waals surface area (Å²) in [4.78, 5) is 22.6. The normalized spacial score (nSPS) is 28.8. The fraction of sp³-hybridized carbons (Fsp3) is 0.895. The van der Waals surface area contributed by atoms with E-state index in [1.165, 1.54) is 13.8 Å². The predicted molar refractivity (Wildman–Crippen MR) is 98.5 cm³/mol. The summed E-state index contributed by atoms with van der Waals surface area (Å²) in [6, 6.07) is 0. The average Bonchev–Trinajstić information content (AvgIpc) is 2.89. The van der Waals surface area contributed by atoms with Crippen LogP contribution in [0.25, 0.3) is 0 Å². The van der Waals surface area contributed by atoms with E-state index in [0.29, 0.717) is 11.8 Å². The minimum absolute atomic E-state index is 0.245. The summed E-state index contributed by atoms with van der Waals surface area (Å²) in [5.41, 5.74) is -1.01. The molecular formula is C19H33BO6. The predicted octanol–water partition coefficient (Wildman–Crippen LogP) is 3.24. The van der Waals surface area contributed by atoms with Crippen LogP contribution in [0.2, 0.25) is 6.32 Å². The molecule has 2 aliphatic rings. The topological polar surface area (TPSA) is 71.1 Å². The molecule has 0 radical (unpaired) electrons. The summed E-state index contributed by atoms with van der Waals surface area (Å²) in [5, 5.41) is 0. The van der Waals surface area contributed by atoms with E-state index in [2.05, 4.69) is 34.6 Å². The number of hydrogen-bond donors (Lipinski definition) is 0. The molecule has 2 rings (SSSR count). The molecule has 1 saturated heterocycles. The third kappa shape index (κ3) is 4.80. The van der Waals surface area contributed by atoms with Crippen molar-refractivity contribution in [3.05, 3.63) is 0 Å². The van der Waals surface area contributed by atoms with Crippen molar-refractivity contribution in [1.29, 1.82) is 0 Å². The Morgan fingerprint density at radius 2 is 1.42 bits per heavy atom. The van der Waals surface area contributed by atoms with Gasteiger partial charge in [-0.15, -0.1) is 0 Å².